The van der Waals surface area contributed by atoms with Gasteiger partial charge in [0.05, 0.1) is 7.11 Å². The fourth-order valence-electron chi connectivity index (χ4n) is 2.77. The zero-order valence-electron chi connectivity index (χ0n) is 10.6. The summed E-state index contributed by atoms with van der Waals surface area (Å²) >= 11 is 0. The lowest BCUT2D eigenvalue weighted by Gasteiger charge is -2.40. The lowest BCUT2D eigenvalue weighted by Crippen LogP contribution is -2.48. The fraction of sp³-hybridized carbons (Fsp3) is 0.818. The summed E-state index contributed by atoms with van der Waals surface area (Å²) < 4.78 is 29.7. The van der Waals surface area contributed by atoms with E-state index in [4.69, 9.17) is 10.3 Å². The molecule has 0 saturated heterocycles. The van der Waals surface area contributed by atoms with Crippen LogP contribution in [0, 0.1) is 11.3 Å². The Bertz CT molecular complexity index is 415. The molecule has 2 bridgehead atoms. The highest BCUT2D eigenvalue weighted by Crippen LogP contribution is 2.59. The van der Waals surface area contributed by atoms with Gasteiger partial charge in [0.25, 0.3) is 0 Å². The smallest absolute Gasteiger partial charge is 0.324 e. The lowest BCUT2D eigenvalue weighted by atomic mass is 9.69. The number of nitrogens with two attached hydrogens (primary N) is 1. The predicted octanol–water partition coefficient (Wildman–Crippen LogP) is 1.52. The topological polar surface area (TPSA) is 89.6 Å². The molecule has 2 saturated carbocycles. The Morgan fingerprint density at radius 3 is 2.18 bits per heavy atom. The molecule has 2 aliphatic carbocycles. The molecule has 100 valence electrons. The van der Waals surface area contributed by atoms with Crippen molar-refractivity contribution in [1.29, 1.82) is 0 Å². The van der Waals surface area contributed by atoms with E-state index in [-0.39, 0.29) is 11.0 Å². The van der Waals surface area contributed by atoms with Gasteiger partial charge in [0.15, 0.2) is 0 Å². The van der Waals surface area contributed by atoms with Crippen molar-refractivity contribution >= 4 is 10.4 Å². The average molecular weight is 263 g/mol. The Morgan fingerprint density at radius 1 is 1.53 bits per heavy atom. The summed E-state index contributed by atoms with van der Waals surface area (Å²) in [7, 11) is -3.29. The minimum Gasteiger partial charge on any atom is -0.324 e. The summed E-state index contributed by atoms with van der Waals surface area (Å²) in [5, 5.41) is 0. The molecule has 0 amide bonds. The fourth-order valence-corrected chi connectivity index (χ4v) is 2.77. The second-order valence-corrected chi connectivity index (χ2v) is 6.53. The highest BCUT2D eigenvalue weighted by molar-refractivity contribution is 7.80. The van der Waals surface area contributed by atoms with Gasteiger partial charge in [0.1, 0.15) is 0 Å². The zero-order chi connectivity index (χ0) is 13.5. The van der Waals surface area contributed by atoms with Crippen LogP contribution in [0.15, 0.2) is 12.2 Å². The summed E-state index contributed by atoms with van der Waals surface area (Å²) in [5.41, 5.74) is 7.97. The first-order valence-corrected chi connectivity index (χ1v) is 6.91. The minimum absolute atomic E-state index is 0.0781. The maximum Gasteiger partial charge on any atom is 0.397 e. The third-order valence-electron chi connectivity index (χ3n) is 4.30. The number of hydrogen-bond acceptors (Lipinski definition) is 4. The van der Waals surface area contributed by atoms with Crippen molar-refractivity contribution in [3.8, 4) is 0 Å². The van der Waals surface area contributed by atoms with Crippen molar-refractivity contribution in [2.75, 3.05) is 7.11 Å². The maximum absolute atomic E-state index is 9.33. The van der Waals surface area contributed by atoms with E-state index < -0.39 is 10.4 Å². The van der Waals surface area contributed by atoms with Crippen LogP contribution in [-0.4, -0.2) is 25.6 Å². The van der Waals surface area contributed by atoms with E-state index in [9.17, 15) is 8.42 Å². The molecule has 2 aliphatic rings. The van der Waals surface area contributed by atoms with E-state index in [2.05, 4.69) is 24.6 Å². The monoisotopic (exact) mass is 263 g/mol. The first kappa shape index (κ1) is 14.6. The van der Waals surface area contributed by atoms with Gasteiger partial charge in [-0.3, -0.25) is 8.74 Å². The van der Waals surface area contributed by atoms with Crippen LogP contribution >= 0.6 is 0 Å². The Labute approximate surface area is 103 Å². The molecule has 17 heavy (non-hydrogen) atoms. The molecule has 2 unspecified atom stereocenters. The van der Waals surface area contributed by atoms with Crippen LogP contribution in [-0.2, 0) is 14.6 Å². The van der Waals surface area contributed by atoms with E-state index in [0.29, 0.717) is 0 Å². The van der Waals surface area contributed by atoms with Gasteiger partial charge in [-0.25, -0.2) is 0 Å². The van der Waals surface area contributed by atoms with Crippen LogP contribution in [0.5, 0.6) is 0 Å². The van der Waals surface area contributed by atoms with Crippen LogP contribution in [0.1, 0.15) is 33.1 Å². The molecular formula is C11H21NO4S. The lowest BCUT2D eigenvalue weighted by molar-refractivity contribution is 0.234. The molecular weight excluding hydrogens is 242 g/mol. The Morgan fingerprint density at radius 2 is 2.00 bits per heavy atom. The van der Waals surface area contributed by atoms with Gasteiger partial charge >= 0.3 is 10.4 Å². The van der Waals surface area contributed by atoms with Gasteiger partial charge in [-0.15, -0.1) is 0 Å². The first-order valence-electron chi connectivity index (χ1n) is 5.55. The molecule has 0 heterocycles. The normalized spacial score (nSPS) is 34.4. The maximum atomic E-state index is 9.33. The summed E-state index contributed by atoms with van der Waals surface area (Å²) in [6, 6.07) is 0. The number of fused-ring (bicyclic) bond motifs is 2. The molecule has 0 radical (unpaired) electrons. The second kappa shape index (κ2) is 4.35. The number of rotatable bonds is 1. The van der Waals surface area contributed by atoms with E-state index in [1.54, 1.807) is 0 Å². The molecule has 0 aliphatic heterocycles. The molecule has 6 heteroatoms. The van der Waals surface area contributed by atoms with Crippen molar-refractivity contribution in [3.05, 3.63) is 12.2 Å². The SMILES string of the molecule is C=C1C2CCC(N)(C2)C1(C)C.COS(=O)(=O)O. The van der Waals surface area contributed by atoms with E-state index in [1.165, 1.54) is 24.8 Å². The quantitative estimate of drug-likeness (QED) is 0.553. The average Bonchev–Trinajstić information content (AvgIpc) is 2.66. The molecule has 2 rings (SSSR count). The summed E-state index contributed by atoms with van der Waals surface area (Å²) in [6.07, 6.45) is 3.65. The third kappa shape index (κ3) is 2.70. The third-order valence-corrected chi connectivity index (χ3v) is 4.72. The number of hydrogen-bond donors (Lipinski definition) is 2. The van der Waals surface area contributed by atoms with E-state index in [1.807, 2.05) is 0 Å². The largest absolute Gasteiger partial charge is 0.397 e. The predicted molar refractivity (Wildman–Crippen MR) is 65.7 cm³/mol. The van der Waals surface area contributed by atoms with Crippen LogP contribution in [0.2, 0.25) is 0 Å². The van der Waals surface area contributed by atoms with Gasteiger partial charge in [0.2, 0.25) is 0 Å². The second-order valence-electron chi connectivity index (χ2n) is 5.34. The van der Waals surface area contributed by atoms with Crippen molar-refractivity contribution < 1.29 is 17.2 Å². The summed E-state index contributed by atoms with van der Waals surface area (Å²) in [5.74, 6) is 0.731. The van der Waals surface area contributed by atoms with Crippen LogP contribution < -0.4 is 5.73 Å². The van der Waals surface area contributed by atoms with Crippen molar-refractivity contribution in [1.82, 2.24) is 0 Å². The van der Waals surface area contributed by atoms with Gasteiger partial charge in [-0.2, -0.15) is 8.42 Å². The standard InChI is InChI=1S/C10H17N.CH4O4S/c1-7-8-4-5-10(11,6-8)9(7,2)3;1-5-6(2,3)4/h8H,1,4-6,11H2,2-3H3;1H3,(H,2,3,4). The van der Waals surface area contributed by atoms with Gasteiger partial charge in [-0.05, 0) is 25.2 Å². The molecule has 0 aromatic rings. The van der Waals surface area contributed by atoms with Gasteiger partial charge in [-0.1, -0.05) is 26.0 Å². The van der Waals surface area contributed by atoms with Crippen molar-refractivity contribution in [3.63, 3.8) is 0 Å². The van der Waals surface area contributed by atoms with E-state index in [0.717, 1.165) is 13.0 Å². The Balaban J connectivity index is 0.000000209. The highest BCUT2D eigenvalue weighted by Gasteiger charge is 2.56. The first-order chi connectivity index (χ1) is 7.53. The highest BCUT2D eigenvalue weighted by atomic mass is 32.3. The molecule has 3 N–H and O–H groups in total. The summed E-state index contributed by atoms with van der Waals surface area (Å²) in [6.45, 7) is 8.64. The Kier molecular flexibility index (Phi) is 3.74. The van der Waals surface area contributed by atoms with Gasteiger partial charge < -0.3 is 5.73 Å². The van der Waals surface area contributed by atoms with Crippen LogP contribution in [0.4, 0.5) is 0 Å². The Hall–Kier alpha value is -0.430. The zero-order valence-corrected chi connectivity index (χ0v) is 11.4. The van der Waals surface area contributed by atoms with Gasteiger partial charge in [0, 0.05) is 11.0 Å². The van der Waals surface area contributed by atoms with Crippen molar-refractivity contribution in [2.45, 2.75) is 38.6 Å². The molecule has 2 atom stereocenters. The molecule has 0 aromatic heterocycles. The summed E-state index contributed by atoms with van der Waals surface area (Å²) in [4.78, 5) is 0. The molecule has 5 nitrogen and oxygen atoms in total. The molecule has 2 fully saturated rings. The van der Waals surface area contributed by atoms with Crippen molar-refractivity contribution in [2.24, 2.45) is 17.1 Å². The molecule has 0 spiro atoms. The van der Waals surface area contributed by atoms with Crippen LogP contribution in [0.3, 0.4) is 0 Å². The van der Waals surface area contributed by atoms with E-state index >= 15 is 0 Å². The molecule has 0 aromatic carbocycles. The van der Waals surface area contributed by atoms with Crippen LogP contribution in [0.25, 0.3) is 0 Å². The minimum atomic E-state index is -4.16.